The predicted molar refractivity (Wildman–Crippen MR) is 74.5 cm³/mol. The van der Waals surface area contributed by atoms with Crippen LogP contribution in [0.25, 0.3) is 0 Å². The second-order valence-corrected chi connectivity index (χ2v) is 5.33. The van der Waals surface area contributed by atoms with E-state index >= 15 is 0 Å². The van der Waals surface area contributed by atoms with Crippen LogP contribution in [-0.2, 0) is 19.7 Å². The van der Waals surface area contributed by atoms with Gasteiger partial charge in [0.05, 0.1) is 22.6 Å². The molecule has 0 aliphatic rings. The molecule has 0 spiro atoms. The molecule has 4 nitrogen and oxygen atoms in total. The first-order valence-corrected chi connectivity index (χ1v) is 6.35. The van der Waals surface area contributed by atoms with Gasteiger partial charge in [0.25, 0.3) is 0 Å². The van der Waals surface area contributed by atoms with Crippen LogP contribution in [0.1, 0.15) is 19.4 Å². The Bertz CT molecular complexity index is 501. The highest BCUT2D eigenvalue weighted by molar-refractivity contribution is 6.42. The van der Waals surface area contributed by atoms with Crippen LogP contribution in [0.5, 0.6) is 0 Å². The summed E-state index contributed by atoms with van der Waals surface area (Å²) < 4.78 is 4.46. The van der Waals surface area contributed by atoms with Crippen molar-refractivity contribution < 1.29 is 14.3 Å². The number of carbonyl (C=O) groups excluding carboxylic acids is 2. The minimum Gasteiger partial charge on any atom is -0.468 e. The molecule has 104 valence electrons. The molecule has 0 saturated heterocycles. The highest BCUT2D eigenvalue weighted by Gasteiger charge is 2.30. The van der Waals surface area contributed by atoms with Crippen LogP contribution >= 0.6 is 23.2 Å². The second kappa shape index (κ2) is 6.26. The standard InChI is InChI=1S/C13H15Cl2NO3/c1-13(2,12(18)16-7-11(17)19-3)8-4-5-9(14)10(15)6-8/h4-6H,7H2,1-3H3,(H,16,18). The van der Waals surface area contributed by atoms with Gasteiger partial charge in [-0.3, -0.25) is 9.59 Å². The van der Waals surface area contributed by atoms with E-state index in [0.717, 1.165) is 0 Å². The summed E-state index contributed by atoms with van der Waals surface area (Å²) in [5.41, 5.74) is -0.119. The molecule has 0 fully saturated rings. The van der Waals surface area contributed by atoms with Gasteiger partial charge in [-0.1, -0.05) is 29.3 Å². The summed E-state index contributed by atoms with van der Waals surface area (Å²) in [6.45, 7) is 3.30. The minimum atomic E-state index is -0.831. The van der Waals surface area contributed by atoms with Crippen LogP contribution in [0.3, 0.4) is 0 Å². The molecule has 6 heteroatoms. The summed E-state index contributed by atoms with van der Waals surface area (Å²) in [4.78, 5) is 23.1. The maximum atomic E-state index is 12.1. The van der Waals surface area contributed by atoms with E-state index in [4.69, 9.17) is 23.2 Å². The molecule has 1 amide bonds. The Hall–Kier alpha value is -1.26. The summed E-state index contributed by atoms with van der Waals surface area (Å²) in [6, 6.07) is 5.00. The molecule has 0 aliphatic heterocycles. The van der Waals surface area contributed by atoms with E-state index in [2.05, 4.69) is 10.1 Å². The number of carbonyl (C=O) groups is 2. The van der Waals surface area contributed by atoms with Crippen molar-refractivity contribution in [3.63, 3.8) is 0 Å². The number of halogens is 2. The molecular formula is C13H15Cl2NO3. The number of methoxy groups -OCH3 is 1. The monoisotopic (exact) mass is 303 g/mol. The van der Waals surface area contributed by atoms with Gasteiger partial charge in [0.15, 0.2) is 0 Å². The molecule has 0 heterocycles. The van der Waals surface area contributed by atoms with Crippen LogP contribution in [-0.4, -0.2) is 25.5 Å². The molecule has 19 heavy (non-hydrogen) atoms. The van der Waals surface area contributed by atoms with Gasteiger partial charge in [-0.05, 0) is 31.5 Å². The second-order valence-electron chi connectivity index (χ2n) is 4.51. The van der Waals surface area contributed by atoms with Crippen LogP contribution in [0.15, 0.2) is 18.2 Å². The summed E-state index contributed by atoms with van der Waals surface area (Å²) in [7, 11) is 1.26. The van der Waals surface area contributed by atoms with Crippen LogP contribution in [0, 0.1) is 0 Å². The van der Waals surface area contributed by atoms with Crippen molar-refractivity contribution >= 4 is 35.1 Å². The van der Waals surface area contributed by atoms with Crippen molar-refractivity contribution in [1.29, 1.82) is 0 Å². The highest BCUT2D eigenvalue weighted by atomic mass is 35.5. The first kappa shape index (κ1) is 15.8. The minimum absolute atomic E-state index is 0.167. The average molecular weight is 304 g/mol. The number of esters is 1. The zero-order valence-electron chi connectivity index (χ0n) is 10.9. The summed E-state index contributed by atoms with van der Waals surface area (Å²) >= 11 is 11.8. The third-order valence-corrected chi connectivity index (χ3v) is 3.57. The molecular weight excluding hydrogens is 289 g/mol. The number of amides is 1. The Morgan fingerprint density at radius 3 is 2.42 bits per heavy atom. The molecule has 0 radical (unpaired) electrons. The number of rotatable bonds is 4. The van der Waals surface area contributed by atoms with Crippen LogP contribution in [0.2, 0.25) is 10.0 Å². The van der Waals surface area contributed by atoms with E-state index in [0.29, 0.717) is 15.6 Å². The van der Waals surface area contributed by atoms with E-state index in [1.807, 2.05) is 0 Å². The number of ether oxygens (including phenoxy) is 1. The first-order chi connectivity index (χ1) is 8.78. The Balaban J connectivity index is 2.86. The lowest BCUT2D eigenvalue weighted by molar-refractivity contribution is -0.141. The molecule has 0 saturated carbocycles. The number of nitrogens with one attached hydrogen (secondary N) is 1. The number of hydrogen-bond acceptors (Lipinski definition) is 3. The van der Waals surface area contributed by atoms with Crippen LogP contribution < -0.4 is 5.32 Å². The van der Waals surface area contributed by atoms with Gasteiger partial charge in [-0.15, -0.1) is 0 Å². The van der Waals surface area contributed by atoms with Crippen molar-refractivity contribution in [1.82, 2.24) is 5.32 Å². The smallest absolute Gasteiger partial charge is 0.325 e. The summed E-state index contributed by atoms with van der Waals surface area (Å²) in [5, 5.41) is 3.33. The predicted octanol–water partition coefficient (Wildman–Crippen LogP) is 2.56. The van der Waals surface area contributed by atoms with Crippen molar-refractivity contribution in [3.05, 3.63) is 33.8 Å². The molecule has 0 bridgehead atoms. The Labute approximate surface area is 122 Å². The molecule has 1 aromatic carbocycles. The highest BCUT2D eigenvalue weighted by Crippen LogP contribution is 2.30. The quantitative estimate of drug-likeness (QED) is 0.870. The van der Waals surface area contributed by atoms with E-state index in [9.17, 15) is 9.59 Å². The molecule has 0 aromatic heterocycles. The fourth-order valence-electron chi connectivity index (χ4n) is 1.46. The van der Waals surface area contributed by atoms with E-state index in [1.54, 1.807) is 32.0 Å². The molecule has 0 aliphatic carbocycles. The lowest BCUT2D eigenvalue weighted by Gasteiger charge is -2.24. The molecule has 0 atom stereocenters. The molecule has 1 N–H and O–H groups in total. The summed E-state index contributed by atoms with van der Waals surface area (Å²) in [5.74, 6) is -0.797. The lowest BCUT2D eigenvalue weighted by atomic mass is 9.84. The zero-order valence-corrected chi connectivity index (χ0v) is 12.4. The largest absolute Gasteiger partial charge is 0.468 e. The number of hydrogen-bond donors (Lipinski definition) is 1. The Morgan fingerprint density at radius 2 is 1.89 bits per heavy atom. The fraction of sp³-hybridized carbons (Fsp3) is 0.385. The van der Waals surface area contributed by atoms with Crippen molar-refractivity contribution in [2.45, 2.75) is 19.3 Å². The van der Waals surface area contributed by atoms with Gasteiger partial charge < -0.3 is 10.1 Å². The van der Waals surface area contributed by atoms with Crippen LogP contribution in [0.4, 0.5) is 0 Å². The van der Waals surface area contributed by atoms with Gasteiger partial charge in [-0.2, -0.15) is 0 Å². The SMILES string of the molecule is COC(=O)CNC(=O)C(C)(C)c1ccc(Cl)c(Cl)c1. The van der Waals surface area contributed by atoms with Crippen molar-refractivity contribution in [2.24, 2.45) is 0 Å². The summed E-state index contributed by atoms with van der Waals surface area (Å²) in [6.07, 6.45) is 0. The normalized spacial score (nSPS) is 11.0. The Morgan fingerprint density at radius 1 is 1.26 bits per heavy atom. The average Bonchev–Trinajstić information content (AvgIpc) is 2.38. The molecule has 0 unspecified atom stereocenters. The van der Waals surface area contributed by atoms with Gasteiger partial charge in [-0.25, -0.2) is 0 Å². The van der Waals surface area contributed by atoms with Crippen molar-refractivity contribution in [2.75, 3.05) is 13.7 Å². The zero-order chi connectivity index (χ0) is 14.6. The van der Waals surface area contributed by atoms with Gasteiger partial charge in [0.2, 0.25) is 5.91 Å². The molecule has 1 rings (SSSR count). The fourth-order valence-corrected chi connectivity index (χ4v) is 1.76. The van der Waals surface area contributed by atoms with Gasteiger partial charge >= 0.3 is 5.97 Å². The lowest BCUT2D eigenvalue weighted by Crippen LogP contribution is -2.42. The maximum absolute atomic E-state index is 12.1. The number of benzene rings is 1. The van der Waals surface area contributed by atoms with Crippen molar-refractivity contribution in [3.8, 4) is 0 Å². The first-order valence-electron chi connectivity index (χ1n) is 5.59. The van der Waals surface area contributed by atoms with E-state index in [1.165, 1.54) is 7.11 Å². The van der Waals surface area contributed by atoms with Gasteiger partial charge in [0.1, 0.15) is 6.54 Å². The Kier molecular flexibility index (Phi) is 5.20. The molecule has 1 aromatic rings. The maximum Gasteiger partial charge on any atom is 0.325 e. The third kappa shape index (κ3) is 3.85. The third-order valence-electron chi connectivity index (χ3n) is 2.83. The topological polar surface area (TPSA) is 55.4 Å². The van der Waals surface area contributed by atoms with Gasteiger partial charge in [0, 0.05) is 0 Å². The van der Waals surface area contributed by atoms with E-state index in [-0.39, 0.29) is 12.5 Å². The van der Waals surface area contributed by atoms with E-state index < -0.39 is 11.4 Å².